The van der Waals surface area contributed by atoms with Crippen molar-refractivity contribution in [2.45, 2.75) is 19.8 Å². The largest absolute Gasteiger partial charge is 0.497 e. The van der Waals surface area contributed by atoms with Crippen LogP contribution in [0.4, 0.5) is 0 Å². The summed E-state index contributed by atoms with van der Waals surface area (Å²) in [6.07, 6.45) is 1.58. The summed E-state index contributed by atoms with van der Waals surface area (Å²) in [5.74, 6) is -2.31. The Labute approximate surface area is 163 Å². The minimum Gasteiger partial charge on any atom is -0.497 e. The van der Waals surface area contributed by atoms with Crippen molar-refractivity contribution in [2.24, 2.45) is 5.92 Å². The van der Waals surface area contributed by atoms with Gasteiger partial charge in [-0.2, -0.15) is 0 Å². The molecular weight excluding hydrogens is 370 g/mol. The van der Waals surface area contributed by atoms with Crippen molar-refractivity contribution in [1.82, 2.24) is 4.90 Å². The topological polar surface area (TPSA) is 65.1 Å². The first kappa shape index (κ1) is 19.3. The SMILES string of the molecule is CCOC(=O)C1C2=COCCN2C(C)=C(C(=O)OC)C1c1ccccc1Cl. The van der Waals surface area contributed by atoms with Gasteiger partial charge in [0.1, 0.15) is 18.8 Å². The van der Waals surface area contributed by atoms with E-state index in [2.05, 4.69) is 0 Å². The van der Waals surface area contributed by atoms with E-state index in [0.29, 0.717) is 35.0 Å². The van der Waals surface area contributed by atoms with Gasteiger partial charge in [0.05, 0.1) is 31.5 Å². The van der Waals surface area contributed by atoms with Gasteiger partial charge in [0, 0.05) is 16.6 Å². The first-order valence-electron chi connectivity index (χ1n) is 8.80. The maximum atomic E-state index is 12.9. The molecule has 2 heterocycles. The summed E-state index contributed by atoms with van der Waals surface area (Å²) in [6.45, 7) is 4.81. The molecule has 0 fully saturated rings. The molecule has 144 valence electrons. The number of benzene rings is 1. The van der Waals surface area contributed by atoms with Gasteiger partial charge in [0.25, 0.3) is 0 Å². The molecule has 0 N–H and O–H groups in total. The lowest BCUT2D eigenvalue weighted by molar-refractivity contribution is -0.148. The van der Waals surface area contributed by atoms with Crippen LogP contribution in [-0.2, 0) is 23.8 Å². The van der Waals surface area contributed by atoms with E-state index >= 15 is 0 Å². The Balaban J connectivity index is 2.27. The molecule has 2 atom stereocenters. The van der Waals surface area contributed by atoms with Crippen LogP contribution in [0.1, 0.15) is 25.3 Å². The predicted molar refractivity (Wildman–Crippen MR) is 99.8 cm³/mol. The van der Waals surface area contributed by atoms with Gasteiger partial charge in [-0.15, -0.1) is 0 Å². The van der Waals surface area contributed by atoms with Crippen LogP contribution >= 0.6 is 11.6 Å². The summed E-state index contributed by atoms with van der Waals surface area (Å²) < 4.78 is 15.9. The van der Waals surface area contributed by atoms with E-state index in [-0.39, 0.29) is 6.61 Å². The maximum Gasteiger partial charge on any atom is 0.336 e. The summed E-state index contributed by atoms with van der Waals surface area (Å²) in [7, 11) is 1.33. The van der Waals surface area contributed by atoms with Crippen molar-refractivity contribution in [1.29, 1.82) is 0 Å². The molecule has 0 aromatic heterocycles. The first-order chi connectivity index (χ1) is 13.0. The molecule has 2 aliphatic rings. The lowest BCUT2D eigenvalue weighted by Gasteiger charge is -2.43. The van der Waals surface area contributed by atoms with E-state index in [1.54, 1.807) is 25.3 Å². The van der Waals surface area contributed by atoms with E-state index in [4.69, 9.17) is 25.8 Å². The molecule has 7 heteroatoms. The molecule has 0 saturated carbocycles. The number of allylic oxidation sites excluding steroid dienone is 1. The van der Waals surface area contributed by atoms with Crippen LogP contribution in [-0.4, -0.2) is 43.7 Å². The van der Waals surface area contributed by atoms with Crippen molar-refractivity contribution in [2.75, 3.05) is 26.9 Å². The van der Waals surface area contributed by atoms with Crippen LogP contribution in [0.5, 0.6) is 0 Å². The third kappa shape index (κ3) is 3.41. The highest BCUT2D eigenvalue weighted by atomic mass is 35.5. The van der Waals surface area contributed by atoms with E-state index in [0.717, 1.165) is 5.70 Å². The number of esters is 2. The zero-order valence-corrected chi connectivity index (χ0v) is 16.3. The molecule has 1 aromatic rings. The van der Waals surface area contributed by atoms with Gasteiger partial charge < -0.3 is 19.1 Å². The molecule has 0 spiro atoms. The summed E-state index contributed by atoms with van der Waals surface area (Å²) in [5.41, 5.74) is 2.46. The Morgan fingerprint density at radius 2 is 2.07 bits per heavy atom. The van der Waals surface area contributed by atoms with Crippen LogP contribution < -0.4 is 0 Å². The predicted octanol–water partition coefficient (Wildman–Crippen LogP) is 3.24. The highest BCUT2D eigenvalue weighted by molar-refractivity contribution is 6.31. The van der Waals surface area contributed by atoms with E-state index in [1.165, 1.54) is 7.11 Å². The van der Waals surface area contributed by atoms with Gasteiger partial charge >= 0.3 is 11.9 Å². The second-order valence-electron chi connectivity index (χ2n) is 6.28. The summed E-state index contributed by atoms with van der Waals surface area (Å²) >= 11 is 6.45. The monoisotopic (exact) mass is 391 g/mol. The number of carbonyl (C=O) groups excluding carboxylic acids is 2. The van der Waals surface area contributed by atoms with Crippen molar-refractivity contribution < 1.29 is 23.8 Å². The fraction of sp³-hybridized carbons (Fsp3) is 0.400. The Morgan fingerprint density at radius 1 is 1.33 bits per heavy atom. The molecule has 3 rings (SSSR count). The second-order valence-corrected chi connectivity index (χ2v) is 6.69. The Hall–Kier alpha value is -2.47. The van der Waals surface area contributed by atoms with E-state index < -0.39 is 23.8 Å². The second kappa shape index (κ2) is 8.05. The molecular formula is C20H22ClNO5. The van der Waals surface area contributed by atoms with Crippen molar-refractivity contribution in [3.05, 3.63) is 58.1 Å². The van der Waals surface area contributed by atoms with E-state index in [9.17, 15) is 9.59 Å². The molecule has 2 unspecified atom stereocenters. The Bertz CT molecular complexity index is 816. The fourth-order valence-electron chi connectivity index (χ4n) is 3.73. The Morgan fingerprint density at radius 3 is 2.74 bits per heavy atom. The van der Waals surface area contributed by atoms with Gasteiger partial charge in [-0.3, -0.25) is 4.79 Å². The quantitative estimate of drug-likeness (QED) is 0.734. The average Bonchev–Trinajstić information content (AvgIpc) is 2.68. The van der Waals surface area contributed by atoms with Gasteiger partial charge in [-0.05, 0) is 25.5 Å². The van der Waals surface area contributed by atoms with Crippen molar-refractivity contribution in [3.8, 4) is 0 Å². The highest BCUT2D eigenvalue weighted by Crippen LogP contribution is 2.47. The number of hydrogen-bond acceptors (Lipinski definition) is 6. The van der Waals surface area contributed by atoms with Crippen LogP contribution in [0.3, 0.4) is 0 Å². The smallest absolute Gasteiger partial charge is 0.336 e. The minimum atomic E-state index is -0.761. The molecule has 2 aliphatic heterocycles. The van der Waals surface area contributed by atoms with Crippen LogP contribution in [0.25, 0.3) is 0 Å². The maximum absolute atomic E-state index is 12.9. The zero-order chi connectivity index (χ0) is 19.6. The van der Waals surface area contributed by atoms with Crippen molar-refractivity contribution >= 4 is 23.5 Å². The standard InChI is InChI=1S/C20H22ClNO5/c1-4-27-20(24)18-15-11-26-10-9-22(15)12(2)16(19(23)25-3)17(18)13-7-5-6-8-14(13)21/h5-8,11,17-18H,4,9-10H2,1-3H3. The van der Waals surface area contributed by atoms with Gasteiger partial charge in [-0.1, -0.05) is 29.8 Å². The van der Waals surface area contributed by atoms with E-state index in [1.807, 2.05) is 24.0 Å². The van der Waals surface area contributed by atoms with Gasteiger partial charge in [-0.25, -0.2) is 4.79 Å². The minimum absolute atomic E-state index is 0.231. The number of carbonyl (C=O) groups is 2. The zero-order valence-electron chi connectivity index (χ0n) is 15.5. The number of methoxy groups -OCH3 is 1. The van der Waals surface area contributed by atoms with Gasteiger partial charge in [0.2, 0.25) is 0 Å². The average molecular weight is 392 g/mol. The fourth-order valence-corrected chi connectivity index (χ4v) is 3.98. The number of hydrogen-bond donors (Lipinski definition) is 0. The number of ether oxygens (including phenoxy) is 3. The summed E-state index contributed by atoms with van der Waals surface area (Å²) in [5, 5.41) is 0.469. The molecule has 0 saturated heterocycles. The van der Waals surface area contributed by atoms with Crippen LogP contribution in [0, 0.1) is 5.92 Å². The highest BCUT2D eigenvalue weighted by Gasteiger charge is 2.47. The Kier molecular flexibility index (Phi) is 5.75. The van der Waals surface area contributed by atoms with Crippen LogP contribution in [0.15, 0.2) is 47.5 Å². The van der Waals surface area contributed by atoms with Gasteiger partial charge in [0.15, 0.2) is 0 Å². The number of fused-ring (bicyclic) bond motifs is 1. The first-order valence-corrected chi connectivity index (χ1v) is 9.18. The molecule has 0 aliphatic carbocycles. The molecule has 27 heavy (non-hydrogen) atoms. The third-order valence-corrected chi connectivity index (χ3v) is 5.24. The summed E-state index contributed by atoms with van der Waals surface area (Å²) in [4.78, 5) is 27.6. The number of halogens is 1. The summed E-state index contributed by atoms with van der Waals surface area (Å²) in [6, 6.07) is 7.18. The molecule has 1 aromatic carbocycles. The molecule has 0 bridgehead atoms. The van der Waals surface area contributed by atoms with Crippen LogP contribution in [0.2, 0.25) is 5.02 Å². The number of rotatable bonds is 4. The molecule has 0 amide bonds. The molecule has 6 nitrogen and oxygen atoms in total. The lowest BCUT2D eigenvalue weighted by Crippen LogP contribution is -2.44. The lowest BCUT2D eigenvalue weighted by atomic mass is 9.74. The molecule has 0 radical (unpaired) electrons. The third-order valence-electron chi connectivity index (χ3n) is 4.89. The van der Waals surface area contributed by atoms with Crippen molar-refractivity contribution in [3.63, 3.8) is 0 Å². The normalized spacial score (nSPS) is 21.8. The number of nitrogens with zero attached hydrogens (tertiary/aromatic N) is 1.